The molecule has 0 saturated carbocycles. The van der Waals surface area contributed by atoms with Crippen LogP contribution in [-0.2, 0) is 4.79 Å². The number of nitrogens with zero attached hydrogens (tertiary/aromatic N) is 2. The molecule has 3 rings (SSSR count). The minimum absolute atomic E-state index is 0.00726. The predicted octanol–water partition coefficient (Wildman–Crippen LogP) is 2.57. The number of rotatable bonds is 4. The van der Waals surface area contributed by atoms with Crippen LogP contribution in [0.3, 0.4) is 0 Å². The molecule has 0 aliphatic carbocycles. The first-order valence-electron chi connectivity index (χ1n) is 7.59. The third kappa shape index (κ3) is 3.38. The van der Waals surface area contributed by atoms with Gasteiger partial charge in [-0.1, -0.05) is 16.8 Å². The maximum atomic E-state index is 12.4. The van der Waals surface area contributed by atoms with Crippen LogP contribution < -0.4 is 10.6 Å². The fourth-order valence-corrected chi connectivity index (χ4v) is 2.69. The maximum absolute atomic E-state index is 12.4. The van der Waals surface area contributed by atoms with E-state index in [0.717, 1.165) is 18.5 Å². The molecule has 1 aromatic heterocycles. The van der Waals surface area contributed by atoms with E-state index in [0.29, 0.717) is 23.3 Å². The molecule has 1 aliphatic rings. The summed E-state index contributed by atoms with van der Waals surface area (Å²) in [6.07, 6.45) is 0.827. The lowest BCUT2D eigenvalue weighted by Gasteiger charge is -2.23. The number of carbonyl (C=O) groups is 1. The molecule has 1 aromatic carbocycles. The fourth-order valence-electron chi connectivity index (χ4n) is 2.57. The van der Waals surface area contributed by atoms with Gasteiger partial charge in [0.1, 0.15) is 0 Å². The average Bonchev–Trinajstić information content (AvgIpc) is 3.18. The number of carbonyl (C=O) groups excluding carboxylic acids is 1. The van der Waals surface area contributed by atoms with Crippen molar-refractivity contribution in [3.05, 3.63) is 35.1 Å². The molecular formula is C16H19ClN4O2. The Balaban J connectivity index is 1.70. The summed E-state index contributed by atoms with van der Waals surface area (Å²) in [5.41, 5.74) is 0.412. The van der Waals surface area contributed by atoms with Crippen LogP contribution in [-0.4, -0.2) is 29.1 Å². The van der Waals surface area contributed by atoms with Gasteiger partial charge in [-0.2, -0.15) is 4.98 Å². The Kier molecular flexibility index (Phi) is 4.37. The topological polar surface area (TPSA) is 80.0 Å². The summed E-state index contributed by atoms with van der Waals surface area (Å²) >= 11 is 5.87. The fraction of sp³-hybridized carbons (Fsp3) is 0.438. The van der Waals surface area contributed by atoms with Crippen molar-refractivity contribution in [3.8, 4) is 11.5 Å². The number of nitrogens with one attached hydrogen (secondary N) is 2. The van der Waals surface area contributed by atoms with E-state index in [2.05, 4.69) is 20.8 Å². The van der Waals surface area contributed by atoms with Crippen molar-refractivity contribution in [2.45, 2.75) is 26.3 Å². The Morgan fingerprint density at radius 1 is 1.43 bits per heavy atom. The van der Waals surface area contributed by atoms with E-state index >= 15 is 0 Å². The zero-order chi connectivity index (χ0) is 16.4. The van der Waals surface area contributed by atoms with Crippen LogP contribution in [0.1, 0.15) is 32.1 Å². The third-order valence-corrected chi connectivity index (χ3v) is 4.44. The Morgan fingerprint density at radius 3 is 2.83 bits per heavy atom. The van der Waals surface area contributed by atoms with Gasteiger partial charge in [0.15, 0.2) is 5.82 Å². The van der Waals surface area contributed by atoms with Gasteiger partial charge < -0.3 is 15.2 Å². The second-order valence-corrected chi connectivity index (χ2v) is 6.58. The summed E-state index contributed by atoms with van der Waals surface area (Å²) in [6.45, 7) is 5.36. The van der Waals surface area contributed by atoms with Gasteiger partial charge in [-0.05, 0) is 51.1 Å². The van der Waals surface area contributed by atoms with Gasteiger partial charge >= 0.3 is 0 Å². The molecule has 1 amide bonds. The molecule has 122 valence electrons. The predicted molar refractivity (Wildman–Crippen MR) is 86.9 cm³/mol. The molecule has 2 unspecified atom stereocenters. The van der Waals surface area contributed by atoms with E-state index < -0.39 is 0 Å². The minimum Gasteiger partial charge on any atom is -0.346 e. The molecular weight excluding hydrogens is 316 g/mol. The summed E-state index contributed by atoms with van der Waals surface area (Å²) in [7, 11) is 0. The van der Waals surface area contributed by atoms with Gasteiger partial charge in [-0.15, -0.1) is 0 Å². The van der Waals surface area contributed by atoms with Crippen molar-refractivity contribution in [1.82, 2.24) is 20.8 Å². The van der Waals surface area contributed by atoms with Gasteiger partial charge in [0.25, 0.3) is 5.89 Å². The number of amides is 1. The number of aromatic nitrogens is 2. The zero-order valence-electron chi connectivity index (χ0n) is 13.1. The summed E-state index contributed by atoms with van der Waals surface area (Å²) in [5.74, 6) is 0.872. The number of hydrogen-bond acceptors (Lipinski definition) is 5. The standard InChI is InChI=1S/C16H19ClN4O2/c1-10(19-15(22)16(2)7-8-18-9-16)13-20-14(23-21-13)11-3-5-12(17)6-4-11/h3-6,10,18H,7-9H2,1-2H3,(H,19,22). The molecule has 2 N–H and O–H groups in total. The lowest BCUT2D eigenvalue weighted by atomic mass is 9.88. The molecule has 2 atom stereocenters. The average molecular weight is 335 g/mol. The lowest BCUT2D eigenvalue weighted by Crippen LogP contribution is -2.41. The van der Waals surface area contributed by atoms with Crippen molar-refractivity contribution in [2.24, 2.45) is 5.41 Å². The first kappa shape index (κ1) is 16.0. The molecule has 1 fully saturated rings. The second-order valence-electron chi connectivity index (χ2n) is 6.15. The van der Waals surface area contributed by atoms with Gasteiger partial charge in [0.2, 0.25) is 5.91 Å². The highest BCUT2D eigenvalue weighted by Crippen LogP contribution is 2.26. The number of hydrogen-bond donors (Lipinski definition) is 2. The molecule has 2 heterocycles. The minimum atomic E-state index is -0.378. The Bertz CT molecular complexity index is 692. The first-order valence-corrected chi connectivity index (χ1v) is 7.97. The van der Waals surface area contributed by atoms with Crippen LogP contribution in [0.4, 0.5) is 0 Å². The van der Waals surface area contributed by atoms with E-state index in [9.17, 15) is 4.79 Å². The van der Waals surface area contributed by atoms with Gasteiger partial charge in [0.05, 0.1) is 11.5 Å². The molecule has 23 heavy (non-hydrogen) atoms. The van der Waals surface area contributed by atoms with Crippen molar-refractivity contribution < 1.29 is 9.32 Å². The smallest absolute Gasteiger partial charge is 0.257 e. The highest BCUT2D eigenvalue weighted by atomic mass is 35.5. The molecule has 0 radical (unpaired) electrons. The summed E-state index contributed by atoms with van der Waals surface area (Å²) < 4.78 is 5.28. The Hall–Kier alpha value is -1.92. The second kappa shape index (κ2) is 6.29. The van der Waals surface area contributed by atoms with Crippen LogP contribution in [0.15, 0.2) is 28.8 Å². The molecule has 6 nitrogen and oxygen atoms in total. The summed E-state index contributed by atoms with van der Waals surface area (Å²) in [6, 6.07) is 6.84. The van der Waals surface area contributed by atoms with E-state index in [1.807, 2.05) is 26.0 Å². The van der Waals surface area contributed by atoms with E-state index in [1.165, 1.54) is 0 Å². The van der Waals surface area contributed by atoms with Gasteiger partial charge in [0, 0.05) is 17.1 Å². The summed E-state index contributed by atoms with van der Waals surface area (Å²) in [5, 5.41) is 10.8. The van der Waals surface area contributed by atoms with Crippen LogP contribution in [0, 0.1) is 5.41 Å². The largest absolute Gasteiger partial charge is 0.346 e. The van der Waals surface area contributed by atoms with Crippen molar-refractivity contribution in [3.63, 3.8) is 0 Å². The van der Waals surface area contributed by atoms with Gasteiger partial charge in [-0.25, -0.2) is 0 Å². The van der Waals surface area contributed by atoms with Crippen molar-refractivity contribution in [1.29, 1.82) is 0 Å². The third-order valence-electron chi connectivity index (χ3n) is 4.18. The normalized spacial score (nSPS) is 22.0. The number of benzene rings is 1. The van der Waals surface area contributed by atoms with E-state index in [4.69, 9.17) is 16.1 Å². The first-order chi connectivity index (χ1) is 11.0. The van der Waals surface area contributed by atoms with E-state index in [1.54, 1.807) is 12.1 Å². The molecule has 2 aromatic rings. The highest BCUT2D eigenvalue weighted by Gasteiger charge is 2.37. The molecule has 1 saturated heterocycles. The van der Waals surface area contributed by atoms with Crippen LogP contribution in [0.5, 0.6) is 0 Å². The lowest BCUT2D eigenvalue weighted by molar-refractivity contribution is -0.130. The van der Waals surface area contributed by atoms with Crippen LogP contribution >= 0.6 is 11.6 Å². The Morgan fingerprint density at radius 2 is 2.17 bits per heavy atom. The monoisotopic (exact) mass is 334 g/mol. The van der Waals surface area contributed by atoms with Crippen LogP contribution in [0.25, 0.3) is 11.5 Å². The van der Waals surface area contributed by atoms with Crippen LogP contribution in [0.2, 0.25) is 5.02 Å². The Labute approximate surface area is 139 Å². The molecule has 0 bridgehead atoms. The zero-order valence-corrected chi connectivity index (χ0v) is 13.9. The highest BCUT2D eigenvalue weighted by molar-refractivity contribution is 6.30. The van der Waals surface area contributed by atoms with Crippen molar-refractivity contribution >= 4 is 17.5 Å². The van der Waals surface area contributed by atoms with Gasteiger partial charge in [-0.3, -0.25) is 4.79 Å². The number of halogens is 1. The molecule has 1 aliphatic heterocycles. The SMILES string of the molecule is CC(NC(=O)C1(C)CCNC1)c1noc(-c2ccc(Cl)cc2)n1. The summed E-state index contributed by atoms with van der Waals surface area (Å²) in [4.78, 5) is 16.8. The molecule has 7 heteroatoms. The quantitative estimate of drug-likeness (QED) is 0.898. The molecule has 0 spiro atoms. The van der Waals surface area contributed by atoms with Crippen molar-refractivity contribution in [2.75, 3.05) is 13.1 Å². The van der Waals surface area contributed by atoms with E-state index in [-0.39, 0.29) is 17.4 Å². The maximum Gasteiger partial charge on any atom is 0.257 e.